The fourth-order valence-electron chi connectivity index (χ4n) is 6.63. The Bertz CT molecular complexity index is 1380. The quantitative estimate of drug-likeness (QED) is 0.493. The minimum atomic E-state index is -0.323. The van der Waals surface area contributed by atoms with Crippen molar-refractivity contribution in [1.29, 1.82) is 0 Å². The molecule has 3 aromatic carbocycles. The lowest BCUT2D eigenvalue weighted by molar-refractivity contribution is -0.120. The highest BCUT2D eigenvalue weighted by atomic mass is 16.2. The van der Waals surface area contributed by atoms with Crippen molar-refractivity contribution in [2.45, 2.75) is 50.4 Å². The maximum Gasteiger partial charge on any atom is 0.265 e. The van der Waals surface area contributed by atoms with Crippen LogP contribution in [0.25, 0.3) is 0 Å². The molecule has 0 spiro atoms. The van der Waals surface area contributed by atoms with Crippen molar-refractivity contribution in [3.63, 3.8) is 0 Å². The van der Waals surface area contributed by atoms with E-state index in [0.29, 0.717) is 22.5 Å². The van der Waals surface area contributed by atoms with Gasteiger partial charge in [0.2, 0.25) is 11.8 Å². The number of benzene rings is 3. The normalized spacial score (nSPS) is 22.4. The highest BCUT2D eigenvalue weighted by Gasteiger charge is 2.43. The number of rotatable bonds is 2. The van der Waals surface area contributed by atoms with Crippen molar-refractivity contribution < 1.29 is 19.2 Å². The molecule has 6 heteroatoms. The molecule has 2 heterocycles. The molecule has 2 aliphatic carbocycles. The van der Waals surface area contributed by atoms with E-state index in [-0.39, 0.29) is 35.5 Å². The van der Waals surface area contributed by atoms with Crippen molar-refractivity contribution in [3.05, 3.63) is 94.0 Å². The number of hydrogen-bond donors (Lipinski definition) is 0. The zero-order chi connectivity index (χ0) is 24.6. The van der Waals surface area contributed by atoms with E-state index in [0.717, 1.165) is 60.8 Å². The van der Waals surface area contributed by atoms with Gasteiger partial charge in [-0.05, 0) is 97.2 Å². The van der Waals surface area contributed by atoms with Crippen molar-refractivity contribution in [2.75, 3.05) is 9.80 Å². The first-order valence-electron chi connectivity index (χ1n) is 12.6. The Kier molecular flexibility index (Phi) is 4.55. The van der Waals surface area contributed by atoms with Crippen molar-refractivity contribution >= 4 is 35.0 Å². The Hall–Kier alpha value is -4.06. The largest absolute Gasteiger partial charge is 0.273 e. The van der Waals surface area contributed by atoms with E-state index in [2.05, 4.69) is 0 Å². The molecule has 2 unspecified atom stereocenters. The predicted octanol–water partition coefficient (Wildman–Crippen LogP) is 4.90. The molecule has 0 fully saturated rings. The Morgan fingerprint density at radius 1 is 0.556 bits per heavy atom. The van der Waals surface area contributed by atoms with E-state index in [1.807, 2.05) is 24.3 Å². The summed E-state index contributed by atoms with van der Waals surface area (Å²) in [6.07, 6.45) is 5.06. The van der Waals surface area contributed by atoms with Gasteiger partial charge >= 0.3 is 0 Å². The SMILES string of the molecule is O=C1c2cccc3c2C(CCC3)C(=O)N1c1ccc(N2C(=O)c3cccc4c3C(CCC4)C2=O)cc1. The number of imide groups is 2. The van der Waals surface area contributed by atoms with Gasteiger partial charge in [-0.25, -0.2) is 9.80 Å². The molecule has 0 saturated carbocycles. The third-order valence-electron chi connectivity index (χ3n) is 8.24. The molecular weight excluding hydrogens is 452 g/mol. The van der Waals surface area contributed by atoms with Crippen molar-refractivity contribution in [3.8, 4) is 0 Å². The molecule has 2 atom stereocenters. The van der Waals surface area contributed by atoms with Crippen LogP contribution in [0.15, 0.2) is 60.7 Å². The zero-order valence-corrected chi connectivity index (χ0v) is 19.7. The molecule has 36 heavy (non-hydrogen) atoms. The third-order valence-corrected chi connectivity index (χ3v) is 8.24. The molecule has 0 aromatic heterocycles. The molecule has 0 N–H and O–H groups in total. The summed E-state index contributed by atoms with van der Waals surface area (Å²) < 4.78 is 0. The Labute approximate surface area is 208 Å². The third kappa shape index (κ3) is 2.84. The number of hydrogen-bond acceptors (Lipinski definition) is 4. The van der Waals surface area contributed by atoms with Gasteiger partial charge in [-0.2, -0.15) is 0 Å². The predicted molar refractivity (Wildman–Crippen MR) is 134 cm³/mol. The fourth-order valence-corrected chi connectivity index (χ4v) is 6.63. The van der Waals surface area contributed by atoms with E-state index in [1.54, 1.807) is 36.4 Å². The van der Waals surface area contributed by atoms with Gasteiger partial charge in [-0.15, -0.1) is 0 Å². The second kappa shape index (κ2) is 7.72. The van der Waals surface area contributed by atoms with Gasteiger partial charge in [0.25, 0.3) is 11.8 Å². The summed E-state index contributed by atoms with van der Waals surface area (Å²) in [5.41, 5.74) is 6.05. The highest BCUT2D eigenvalue weighted by Crippen LogP contribution is 2.43. The topological polar surface area (TPSA) is 74.8 Å². The van der Waals surface area contributed by atoms with Gasteiger partial charge in [0.05, 0.1) is 23.2 Å². The van der Waals surface area contributed by atoms with E-state index in [1.165, 1.54) is 9.80 Å². The smallest absolute Gasteiger partial charge is 0.265 e. The van der Waals surface area contributed by atoms with Crippen LogP contribution in [0.4, 0.5) is 11.4 Å². The van der Waals surface area contributed by atoms with Crippen LogP contribution >= 0.6 is 0 Å². The molecule has 0 radical (unpaired) electrons. The molecule has 4 aliphatic rings. The van der Waals surface area contributed by atoms with Crippen LogP contribution in [-0.2, 0) is 22.4 Å². The summed E-state index contributed by atoms with van der Waals surface area (Å²) in [6, 6.07) is 18.0. The van der Waals surface area contributed by atoms with E-state index >= 15 is 0 Å². The molecule has 6 nitrogen and oxygen atoms in total. The number of carbonyl (C=O) groups is 4. The van der Waals surface area contributed by atoms with Crippen LogP contribution < -0.4 is 9.80 Å². The molecule has 2 aliphatic heterocycles. The van der Waals surface area contributed by atoms with E-state index in [9.17, 15) is 19.2 Å². The lowest BCUT2D eigenvalue weighted by Crippen LogP contribution is -2.47. The van der Waals surface area contributed by atoms with Crippen LogP contribution in [0.1, 0.15) is 80.5 Å². The van der Waals surface area contributed by atoms with Gasteiger partial charge in [-0.1, -0.05) is 24.3 Å². The zero-order valence-electron chi connectivity index (χ0n) is 19.7. The van der Waals surface area contributed by atoms with Gasteiger partial charge in [-0.3, -0.25) is 19.2 Å². The lowest BCUT2D eigenvalue weighted by Gasteiger charge is -2.37. The average Bonchev–Trinajstić information content (AvgIpc) is 2.91. The van der Waals surface area contributed by atoms with Gasteiger partial charge in [0.15, 0.2) is 0 Å². The van der Waals surface area contributed by atoms with E-state index in [4.69, 9.17) is 0 Å². The molecule has 178 valence electrons. The van der Waals surface area contributed by atoms with Crippen molar-refractivity contribution in [2.24, 2.45) is 0 Å². The number of carbonyl (C=O) groups excluding carboxylic acids is 4. The summed E-state index contributed by atoms with van der Waals surface area (Å²) in [4.78, 5) is 56.2. The molecule has 0 bridgehead atoms. The number of nitrogens with zero attached hydrogens (tertiary/aromatic N) is 2. The number of anilines is 2. The molecule has 0 saturated heterocycles. The van der Waals surface area contributed by atoms with Gasteiger partial charge < -0.3 is 0 Å². The van der Waals surface area contributed by atoms with Crippen LogP contribution in [0, 0.1) is 0 Å². The summed E-state index contributed by atoms with van der Waals surface area (Å²) in [7, 11) is 0. The van der Waals surface area contributed by atoms with Crippen LogP contribution in [0.5, 0.6) is 0 Å². The molecule has 3 aromatic rings. The first-order chi connectivity index (χ1) is 17.5. The summed E-state index contributed by atoms with van der Waals surface area (Å²) >= 11 is 0. The number of aryl methyl sites for hydroxylation is 2. The van der Waals surface area contributed by atoms with E-state index < -0.39 is 0 Å². The maximum absolute atomic E-state index is 13.5. The lowest BCUT2D eigenvalue weighted by atomic mass is 9.76. The monoisotopic (exact) mass is 476 g/mol. The average molecular weight is 477 g/mol. The first-order valence-corrected chi connectivity index (χ1v) is 12.6. The molecule has 7 rings (SSSR count). The highest BCUT2D eigenvalue weighted by molar-refractivity contribution is 6.28. The Balaban J connectivity index is 1.25. The fraction of sp³-hybridized carbons (Fsp3) is 0.267. The van der Waals surface area contributed by atoms with Gasteiger partial charge in [0, 0.05) is 11.1 Å². The number of amides is 4. The van der Waals surface area contributed by atoms with Gasteiger partial charge in [0.1, 0.15) is 0 Å². The Morgan fingerprint density at radius 2 is 0.972 bits per heavy atom. The second-order valence-electron chi connectivity index (χ2n) is 10.1. The minimum absolute atomic E-state index is 0.207. The summed E-state index contributed by atoms with van der Waals surface area (Å²) in [6.45, 7) is 0. The second-order valence-corrected chi connectivity index (χ2v) is 10.1. The molecular formula is C30H24N2O4. The van der Waals surface area contributed by atoms with Crippen LogP contribution in [0.3, 0.4) is 0 Å². The summed E-state index contributed by atoms with van der Waals surface area (Å²) in [5.74, 6) is -1.69. The van der Waals surface area contributed by atoms with Crippen molar-refractivity contribution in [1.82, 2.24) is 0 Å². The van der Waals surface area contributed by atoms with Crippen LogP contribution in [0.2, 0.25) is 0 Å². The minimum Gasteiger partial charge on any atom is -0.273 e. The first kappa shape index (κ1) is 21.2. The van der Waals surface area contributed by atoms with Crippen LogP contribution in [-0.4, -0.2) is 23.6 Å². The Morgan fingerprint density at radius 3 is 1.39 bits per heavy atom. The maximum atomic E-state index is 13.5. The molecule has 4 amide bonds. The standard InChI is InChI=1S/C30H24N2O4/c33-27-21-9-1-5-17-6-2-10-22(25(17)21)28(34)31(27)19-13-15-20(16-14-19)32-29(35)23-11-3-7-18-8-4-12-24(26(18)23)30(32)36/h1,3,5,7,9,11,13-16,22,24H,2,4,6,8,10,12H2. The summed E-state index contributed by atoms with van der Waals surface area (Å²) in [5, 5.41) is 0.